The summed E-state index contributed by atoms with van der Waals surface area (Å²) in [5.41, 5.74) is 0. The van der Waals surface area contributed by atoms with Crippen molar-refractivity contribution in [2.75, 3.05) is 33.0 Å². The number of carbonyl (C=O) groups is 1. The van der Waals surface area contributed by atoms with Gasteiger partial charge in [0.1, 0.15) is 54.9 Å². The molecule has 2 fully saturated rings. The van der Waals surface area contributed by atoms with Crippen LogP contribution in [0.3, 0.4) is 0 Å². The third-order valence-electron chi connectivity index (χ3n) is 12.4. The van der Waals surface area contributed by atoms with Gasteiger partial charge in [-0.1, -0.05) is 181 Å². The van der Waals surface area contributed by atoms with E-state index >= 15 is 0 Å². The molecule has 0 aromatic heterocycles. The Morgan fingerprint density at radius 3 is 1.31 bits per heavy atom. The van der Waals surface area contributed by atoms with E-state index < -0.39 is 80.7 Å². The minimum Gasteiger partial charge on any atom is -0.457 e. The van der Waals surface area contributed by atoms with Crippen molar-refractivity contribution in [2.45, 2.75) is 268 Å². The summed E-state index contributed by atoms with van der Waals surface area (Å²) >= 11 is 0. The highest BCUT2D eigenvalue weighted by atomic mass is 16.7. The zero-order chi connectivity index (χ0) is 45.2. The van der Waals surface area contributed by atoms with E-state index in [1.807, 2.05) is 0 Å². The number of esters is 1. The largest absolute Gasteiger partial charge is 0.457 e. The van der Waals surface area contributed by atoms with Crippen LogP contribution >= 0.6 is 0 Å². The lowest BCUT2D eigenvalue weighted by Crippen LogP contribution is -2.61. The maximum absolute atomic E-state index is 12.9. The third-order valence-corrected chi connectivity index (χ3v) is 12.4. The van der Waals surface area contributed by atoms with E-state index in [2.05, 4.69) is 13.8 Å². The van der Waals surface area contributed by atoms with Gasteiger partial charge in [-0.15, -0.1) is 0 Å². The van der Waals surface area contributed by atoms with Crippen LogP contribution < -0.4 is 0 Å². The molecule has 0 bridgehead atoms. The van der Waals surface area contributed by atoms with Crippen LogP contribution in [0.15, 0.2) is 0 Å². The van der Waals surface area contributed by atoms with E-state index in [9.17, 15) is 40.5 Å². The zero-order valence-corrected chi connectivity index (χ0v) is 38.9. The summed E-state index contributed by atoms with van der Waals surface area (Å²) in [7, 11) is 0. The molecular weight excluding hydrogens is 801 g/mol. The molecule has 2 heterocycles. The fraction of sp³-hybridized carbons (Fsp3) is 0.979. The number of hydrogen-bond donors (Lipinski definition) is 7. The summed E-state index contributed by atoms with van der Waals surface area (Å²) < 4.78 is 34.2. The predicted octanol–water partition coefficient (Wildman–Crippen LogP) is 6.91. The monoisotopic (exact) mass is 893 g/mol. The van der Waals surface area contributed by atoms with Crippen molar-refractivity contribution in [3.63, 3.8) is 0 Å². The highest BCUT2D eigenvalue weighted by Crippen LogP contribution is 2.26. The molecule has 2 aliphatic rings. The first kappa shape index (κ1) is 57.1. The van der Waals surface area contributed by atoms with Gasteiger partial charge in [-0.3, -0.25) is 4.79 Å². The molecule has 14 nitrogen and oxygen atoms in total. The minimum absolute atomic E-state index is 0.0699. The number of aliphatic hydroxyl groups is 7. The first-order valence-corrected chi connectivity index (χ1v) is 25.1. The van der Waals surface area contributed by atoms with Crippen LogP contribution in [0.1, 0.15) is 200 Å². The number of ether oxygens (including phenoxy) is 6. The Labute approximate surface area is 374 Å². The molecular formula is C48H92O14. The quantitative estimate of drug-likeness (QED) is 0.0246. The molecule has 11 atom stereocenters. The van der Waals surface area contributed by atoms with Crippen molar-refractivity contribution < 1.29 is 69.0 Å². The highest BCUT2D eigenvalue weighted by Gasteiger charge is 2.47. The summed E-state index contributed by atoms with van der Waals surface area (Å²) in [6.45, 7) is 3.71. The Balaban J connectivity index is 1.76. The summed E-state index contributed by atoms with van der Waals surface area (Å²) in [5, 5.41) is 72.0. The molecule has 0 aromatic carbocycles. The zero-order valence-electron chi connectivity index (χ0n) is 38.9. The van der Waals surface area contributed by atoms with Crippen LogP contribution in [0.5, 0.6) is 0 Å². The van der Waals surface area contributed by atoms with Gasteiger partial charge >= 0.3 is 5.97 Å². The number of rotatable bonds is 40. The van der Waals surface area contributed by atoms with Crippen LogP contribution in [-0.4, -0.2) is 142 Å². The fourth-order valence-corrected chi connectivity index (χ4v) is 8.23. The molecule has 0 radical (unpaired) electrons. The third kappa shape index (κ3) is 25.0. The van der Waals surface area contributed by atoms with Crippen molar-refractivity contribution in [3.8, 4) is 0 Å². The van der Waals surface area contributed by atoms with Gasteiger partial charge in [0.05, 0.1) is 26.4 Å². The van der Waals surface area contributed by atoms with E-state index in [-0.39, 0.29) is 25.6 Å². The maximum Gasteiger partial charge on any atom is 0.306 e. The van der Waals surface area contributed by atoms with E-state index in [1.54, 1.807) is 0 Å². The van der Waals surface area contributed by atoms with Crippen LogP contribution in [0.25, 0.3) is 0 Å². The number of unbranched alkanes of at least 4 members (excludes halogenated alkanes) is 26. The van der Waals surface area contributed by atoms with Crippen LogP contribution in [0.4, 0.5) is 0 Å². The Kier molecular flexibility index (Phi) is 34.2. The second kappa shape index (κ2) is 37.1. The van der Waals surface area contributed by atoms with Crippen molar-refractivity contribution in [1.29, 1.82) is 0 Å². The molecule has 0 aromatic rings. The highest BCUT2D eigenvalue weighted by molar-refractivity contribution is 5.69. The lowest BCUT2D eigenvalue weighted by atomic mass is 9.98. The van der Waals surface area contributed by atoms with Gasteiger partial charge in [-0.05, 0) is 12.8 Å². The number of carbonyl (C=O) groups excluding carboxylic acids is 1. The van der Waals surface area contributed by atoms with E-state index in [0.717, 1.165) is 38.5 Å². The molecule has 11 unspecified atom stereocenters. The van der Waals surface area contributed by atoms with Crippen molar-refractivity contribution >= 4 is 5.97 Å². The van der Waals surface area contributed by atoms with Gasteiger partial charge in [0.25, 0.3) is 0 Å². The summed E-state index contributed by atoms with van der Waals surface area (Å²) in [4.78, 5) is 12.9. The lowest BCUT2D eigenvalue weighted by molar-refractivity contribution is -0.332. The molecule has 2 aliphatic heterocycles. The first-order valence-electron chi connectivity index (χ1n) is 25.1. The van der Waals surface area contributed by atoms with E-state index in [0.29, 0.717) is 13.0 Å². The standard InChI is InChI=1S/C48H92O14/c1-3-5-7-9-11-13-15-16-17-18-19-20-22-24-26-28-30-32-57-34-37(60-40(50)31-29-27-25-23-21-14-12-10-8-6-4-2)35-58-47-46(56)44(54)42(52)39(62-47)36-59-48-45(55)43(53)41(51)38(33-49)61-48/h37-39,41-49,51-56H,3-36H2,1-2H3. The molecule has 368 valence electrons. The molecule has 14 heteroatoms. The van der Waals surface area contributed by atoms with Crippen molar-refractivity contribution in [2.24, 2.45) is 0 Å². The van der Waals surface area contributed by atoms with Crippen LogP contribution in [0.2, 0.25) is 0 Å². The van der Waals surface area contributed by atoms with Gasteiger partial charge in [0, 0.05) is 13.0 Å². The second-order valence-electron chi connectivity index (χ2n) is 18.0. The Morgan fingerprint density at radius 1 is 0.468 bits per heavy atom. The van der Waals surface area contributed by atoms with E-state index in [1.165, 1.54) is 135 Å². The van der Waals surface area contributed by atoms with E-state index in [4.69, 9.17) is 28.4 Å². The number of aliphatic hydroxyl groups excluding tert-OH is 7. The smallest absolute Gasteiger partial charge is 0.306 e. The maximum atomic E-state index is 12.9. The van der Waals surface area contributed by atoms with Crippen molar-refractivity contribution in [1.82, 2.24) is 0 Å². The molecule has 0 spiro atoms. The predicted molar refractivity (Wildman–Crippen MR) is 238 cm³/mol. The lowest BCUT2D eigenvalue weighted by Gasteiger charge is -2.42. The fourth-order valence-electron chi connectivity index (χ4n) is 8.23. The molecule has 2 rings (SSSR count). The SMILES string of the molecule is CCCCCCCCCCCCCCCCCCCOCC(COC1OC(COC2OC(CO)C(O)C(O)C2O)C(O)C(O)C1O)OC(=O)CCCCCCCCCCCCC. The molecule has 0 aliphatic carbocycles. The Bertz CT molecular complexity index is 1040. The van der Waals surface area contributed by atoms with Gasteiger partial charge in [-0.25, -0.2) is 0 Å². The van der Waals surface area contributed by atoms with Gasteiger partial charge in [-0.2, -0.15) is 0 Å². The average molecular weight is 893 g/mol. The van der Waals surface area contributed by atoms with Crippen LogP contribution in [0, 0.1) is 0 Å². The molecule has 0 amide bonds. The van der Waals surface area contributed by atoms with Crippen molar-refractivity contribution in [3.05, 3.63) is 0 Å². The Morgan fingerprint density at radius 2 is 0.855 bits per heavy atom. The van der Waals surface area contributed by atoms with Gasteiger partial charge < -0.3 is 64.2 Å². The second-order valence-corrected chi connectivity index (χ2v) is 18.0. The summed E-state index contributed by atoms with van der Waals surface area (Å²) in [6.07, 6.45) is 18.8. The van der Waals surface area contributed by atoms with Gasteiger partial charge in [0.15, 0.2) is 12.6 Å². The summed E-state index contributed by atoms with van der Waals surface area (Å²) in [5.74, 6) is -0.373. The topological polar surface area (TPSA) is 214 Å². The van der Waals surface area contributed by atoms with Crippen LogP contribution in [-0.2, 0) is 33.2 Å². The molecule has 0 saturated carbocycles. The normalized spacial score (nSPS) is 27.1. The Hall–Kier alpha value is -1.01. The first-order chi connectivity index (χ1) is 30.1. The number of hydrogen-bond acceptors (Lipinski definition) is 14. The molecule has 7 N–H and O–H groups in total. The molecule has 2 saturated heterocycles. The summed E-state index contributed by atoms with van der Waals surface area (Å²) in [6, 6.07) is 0. The molecule has 62 heavy (non-hydrogen) atoms. The van der Waals surface area contributed by atoms with Gasteiger partial charge in [0.2, 0.25) is 0 Å². The minimum atomic E-state index is -1.70. The average Bonchev–Trinajstić information content (AvgIpc) is 3.27.